The van der Waals surface area contributed by atoms with Crippen LogP contribution in [0.5, 0.6) is 0 Å². The Balaban J connectivity index is 3.00. The number of hydrogen-bond donors (Lipinski definition) is 1. The largest absolute Gasteiger partial charge is 0.385 e. The second-order valence-corrected chi connectivity index (χ2v) is 5.69. The lowest BCUT2D eigenvalue weighted by Crippen LogP contribution is -2.23. The summed E-state index contributed by atoms with van der Waals surface area (Å²) >= 11 is 0. The van der Waals surface area contributed by atoms with Crippen LogP contribution in [-0.2, 0) is 24.1 Å². The van der Waals surface area contributed by atoms with Gasteiger partial charge in [0.1, 0.15) is 0 Å². The van der Waals surface area contributed by atoms with E-state index in [0.717, 1.165) is 32.4 Å². The van der Waals surface area contributed by atoms with E-state index in [1.165, 1.54) is 17.0 Å². The summed E-state index contributed by atoms with van der Waals surface area (Å²) in [5, 5.41) is 8.38. The maximum atomic E-state index is 5.20. The summed E-state index contributed by atoms with van der Waals surface area (Å²) in [4.78, 5) is 0. The van der Waals surface area contributed by atoms with Crippen LogP contribution in [-0.4, -0.2) is 29.5 Å². The van der Waals surface area contributed by atoms with E-state index >= 15 is 0 Å². The van der Waals surface area contributed by atoms with E-state index in [-0.39, 0.29) is 0 Å². The normalized spacial score (nSPS) is 13.2. The van der Waals surface area contributed by atoms with Gasteiger partial charge in [-0.05, 0) is 26.2 Å². The van der Waals surface area contributed by atoms with E-state index in [0.29, 0.717) is 12.1 Å². The van der Waals surface area contributed by atoms with Crippen molar-refractivity contribution in [3.8, 4) is 0 Å². The average Bonchev–Trinajstić information content (AvgIpc) is 2.79. The summed E-state index contributed by atoms with van der Waals surface area (Å²) in [5.74, 6) is 0. The minimum Gasteiger partial charge on any atom is -0.385 e. The molecule has 1 aromatic heterocycles. The Kier molecular flexibility index (Phi) is 7.24. The van der Waals surface area contributed by atoms with Gasteiger partial charge in [-0.25, -0.2) is 0 Å². The van der Waals surface area contributed by atoms with Crippen LogP contribution >= 0.6 is 0 Å². The Hall–Kier alpha value is -0.870. The van der Waals surface area contributed by atoms with E-state index in [2.05, 4.69) is 44.6 Å². The van der Waals surface area contributed by atoms with E-state index < -0.39 is 0 Å². The Bertz CT molecular complexity index is 399. The predicted molar refractivity (Wildman–Crippen MR) is 84.2 cm³/mol. The van der Waals surface area contributed by atoms with Gasteiger partial charge in [0.05, 0.1) is 11.7 Å². The van der Waals surface area contributed by atoms with Gasteiger partial charge in [0.2, 0.25) is 0 Å². The van der Waals surface area contributed by atoms with Crippen LogP contribution in [0.15, 0.2) is 0 Å². The topological polar surface area (TPSA) is 39.1 Å². The Morgan fingerprint density at radius 2 is 1.90 bits per heavy atom. The summed E-state index contributed by atoms with van der Waals surface area (Å²) < 4.78 is 7.41. The number of aromatic nitrogens is 2. The monoisotopic (exact) mass is 281 g/mol. The third-order valence-electron chi connectivity index (χ3n) is 3.72. The average molecular weight is 281 g/mol. The minimum atomic E-state index is 0.392. The highest BCUT2D eigenvalue weighted by molar-refractivity contribution is 5.27. The van der Waals surface area contributed by atoms with Crippen LogP contribution in [0, 0.1) is 0 Å². The number of nitrogens with one attached hydrogen (secondary N) is 1. The molecule has 20 heavy (non-hydrogen) atoms. The van der Waals surface area contributed by atoms with Gasteiger partial charge >= 0.3 is 0 Å². The molecule has 0 saturated carbocycles. The first-order chi connectivity index (χ1) is 9.54. The van der Waals surface area contributed by atoms with Crippen molar-refractivity contribution >= 4 is 0 Å². The number of hydrogen-bond acceptors (Lipinski definition) is 3. The molecule has 1 rings (SSSR count). The van der Waals surface area contributed by atoms with Gasteiger partial charge in [0, 0.05) is 37.6 Å². The summed E-state index contributed by atoms with van der Waals surface area (Å²) in [6.07, 6.45) is 3.02. The highest BCUT2D eigenvalue weighted by Gasteiger charge is 2.18. The number of rotatable bonds is 9. The molecule has 0 bridgehead atoms. The maximum Gasteiger partial charge on any atom is 0.0669 e. The molecule has 1 unspecified atom stereocenters. The Morgan fingerprint density at radius 1 is 1.20 bits per heavy atom. The van der Waals surface area contributed by atoms with Gasteiger partial charge < -0.3 is 10.1 Å². The summed E-state index contributed by atoms with van der Waals surface area (Å²) in [7, 11) is 1.76. The zero-order valence-corrected chi connectivity index (χ0v) is 14.0. The lowest BCUT2D eigenvalue weighted by molar-refractivity contribution is 0.178. The molecule has 1 atom stereocenters. The molecule has 1 aromatic rings. The van der Waals surface area contributed by atoms with E-state index in [9.17, 15) is 0 Å². The molecule has 1 N–H and O–H groups in total. The molecule has 0 radical (unpaired) electrons. The van der Waals surface area contributed by atoms with Crippen LogP contribution in [0.25, 0.3) is 0 Å². The first kappa shape index (κ1) is 17.2. The second-order valence-electron chi connectivity index (χ2n) is 5.69. The van der Waals surface area contributed by atoms with Gasteiger partial charge in [-0.1, -0.05) is 27.7 Å². The van der Waals surface area contributed by atoms with E-state index in [1.54, 1.807) is 7.11 Å². The van der Waals surface area contributed by atoms with Crippen molar-refractivity contribution in [1.82, 2.24) is 15.1 Å². The zero-order chi connectivity index (χ0) is 15.1. The zero-order valence-electron chi connectivity index (χ0n) is 14.0. The molecule has 4 nitrogen and oxygen atoms in total. The molecule has 0 spiro atoms. The first-order valence-corrected chi connectivity index (χ1v) is 7.86. The van der Waals surface area contributed by atoms with Crippen molar-refractivity contribution in [2.24, 2.45) is 0 Å². The maximum absolute atomic E-state index is 5.20. The molecule has 0 aromatic carbocycles. The van der Waals surface area contributed by atoms with Gasteiger partial charge in [-0.3, -0.25) is 4.68 Å². The lowest BCUT2D eigenvalue weighted by Gasteiger charge is -2.16. The highest BCUT2D eigenvalue weighted by Crippen LogP contribution is 2.22. The van der Waals surface area contributed by atoms with E-state index in [4.69, 9.17) is 9.84 Å². The molecule has 1 heterocycles. The third kappa shape index (κ3) is 4.32. The molecular weight excluding hydrogens is 250 g/mol. The van der Waals surface area contributed by atoms with Crippen LogP contribution in [0.4, 0.5) is 0 Å². The third-order valence-corrected chi connectivity index (χ3v) is 3.72. The lowest BCUT2D eigenvalue weighted by atomic mass is 10.1. The Labute approximate surface area is 123 Å². The fraction of sp³-hybridized carbons (Fsp3) is 0.812. The molecule has 0 aliphatic rings. The molecule has 4 heteroatoms. The van der Waals surface area contributed by atoms with Crippen molar-refractivity contribution < 1.29 is 4.74 Å². The molecule has 0 amide bonds. The predicted octanol–water partition coefficient (Wildman–Crippen LogP) is 3.10. The fourth-order valence-electron chi connectivity index (χ4n) is 2.50. The van der Waals surface area contributed by atoms with Crippen molar-refractivity contribution in [1.29, 1.82) is 0 Å². The van der Waals surface area contributed by atoms with Crippen LogP contribution in [0.3, 0.4) is 0 Å². The first-order valence-electron chi connectivity index (χ1n) is 7.86. The van der Waals surface area contributed by atoms with Gasteiger partial charge in [0.15, 0.2) is 0 Å². The molecular formula is C16H31N3O. The highest BCUT2D eigenvalue weighted by atomic mass is 16.5. The van der Waals surface area contributed by atoms with Crippen molar-refractivity contribution in [2.45, 2.75) is 72.5 Å². The fourth-order valence-corrected chi connectivity index (χ4v) is 2.50. The minimum absolute atomic E-state index is 0.392. The van der Waals surface area contributed by atoms with Crippen molar-refractivity contribution in [2.75, 3.05) is 13.7 Å². The molecule has 0 aliphatic heterocycles. The van der Waals surface area contributed by atoms with Crippen molar-refractivity contribution in [3.63, 3.8) is 0 Å². The molecule has 116 valence electrons. The molecule has 0 saturated heterocycles. The molecule has 0 aliphatic carbocycles. The quantitative estimate of drug-likeness (QED) is 0.756. The Morgan fingerprint density at radius 3 is 2.40 bits per heavy atom. The van der Waals surface area contributed by atoms with Crippen molar-refractivity contribution in [3.05, 3.63) is 17.0 Å². The van der Waals surface area contributed by atoms with Crippen LogP contribution in [0.1, 0.15) is 64.0 Å². The summed E-state index contributed by atoms with van der Waals surface area (Å²) in [5.41, 5.74) is 4.01. The smallest absolute Gasteiger partial charge is 0.0669 e. The number of ether oxygens (including phenoxy) is 1. The van der Waals surface area contributed by atoms with Crippen LogP contribution < -0.4 is 5.32 Å². The van der Waals surface area contributed by atoms with E-state index in [1.807, 2.05) is 0 Å². The van der Waals surface area contributed by atoms with Gasteiger partial charge in [-0.2, -0.15) is 5.10 Å². The summed E-state index contributed by atoms with van der Waals surface area (Å²) in [6.45, 7) is 12.7. The van der Waals surface area contributed by atoms with Gasteiger partial charge in [-0.15, -0.1) is 0 Å². The number of methoxy groups -OCH3 is 1. The second kappa shape index (κ2) is 8.42. The SMILES string of the molecule is CCc1nn(C(C)CCOC)c(CC)c1CNC(C)C. The summed E-state index contributed by atoms with van der Waals surface area (Å²) in [6, 6.07) is 0.890. The van der Waals surface area contributed by atoms with Crippen LogP contribution in [0.2, 0.25) is 0 Å². The molecule has 0 fully saturated rings. The number of nitrogens with zero attached hydrogens (tertiary/aromatic N) is 2. The standard InChI is InChI=1S/C16H31N3O/c1-7-15-14(11-17-12(3)4)16(8-2)19(18-15)13(5)9-10-20-6/h12-13,17H,7-11H2,1-6H3. The number of aryl methyl sites for hydroxylation is 1. The van der Waals surface area contributed by atoms with Gasteiger partial charge in [0.25, 0.3) is 0 Å².